The molecule has 4 heteroatoms. The van der Waals surface area contributed by atoms with Gasteiger partial charge >= 0.3 is 5.97 Å². The number of furan rings is 1. The molecule has 0 aromatic carbocycles. The number of nitrogens with one attached hydrogen (secondary N) is 1. The Labute approximate surface area is 108 Å². The lowest BCUT2D eigenvalue weighted by Crippen LogP contribution is -2.43. The zero-order valence-corrected chi connectivity index (χ0v) is 11.2. The third kappa shape index (κ3) is 3.74. The summed E-state index contributed by atoms with van der Waals surface area (Å²) in [5.74, 6) is 0.676. The van der Waals surface area contributed by atoms with Crippen LogP contribution >= 0.6 is 0 Å². The first-order valence-electron chi connectivity index (χ1n) is 6.08. The van der Waals surface area contributed by atoms with Gasteiger partial charge in [-0.05, 0) is 24.5 Å². The maximum atomic E-state index is 11.7. The number of carbonyl (C=O) groups is 1. The van der Waals surface area contributed by atoms with Crippen LogP contribution in [0.5, 0.6) is 0 Å². The summed E-state index contributed by atoms with van der Waals surface area (Å²) in [7, 11) is 1.40. The monoisotopic (exact) mass is 251 g/mol. The Bertz CT molecular complexity index is 370. The van der Waals surface area contributed by atoms with Crippen LogP contribution in [0.15, 0.2) is 35.5 Å². The molecular weight excluding hydrogens is 230 g/mol. The largest absolute Gasteiger partial charge is 0.468 e. The second-order valence-corrected chi connectivity index (χ2v) is 4.50. The Kier molecular flexibility index (Phi) is 5.65. The quantitative estimate of drug-likeness (QED) is 0.598. The molecule has 0 fully saturated rings. The summed E-state index contributed by atoms with van der Waals surface area (Å²) >= 11 is 0. The second kappa shape index (κ2) is 7.01. The highest BCUT2D eigenvalue weighted by Crippen LogP contribution is 2.20. The number of rotatable bonds is 7. The van der Waals surface area contributed by atoms with Gasteiger partial charge < -0.3 is 9.15 Å². The van der Waals surface area contributed by atoms with Crippen molar-refractivity contribution >= 4 is 5.97 Å². The average Bonchev–Trinajstić information content (AvgIpc) is 2.86. The lowest BCUT2D eigenvalue weighted by atomic mass is 10.0. The third-order valence-corrected chi connectivity index (χ3v) is 2.79. The first-order chi connectivity index (χ1) is 8.60. The van der Waals surface area contributed by atoms with Gasteiger partial charge in [0.1, 0.15) is 11.8 Å². The molecule has 0 aliphatic heterocycles. The number of methoxy groups -OCH3 is 1. The average molecular weight is 251 g/mol. The minimum atomic E-state index is -0.356. The van der Waals surface area contributed by atoms with Crippen molar-refractivity contribution in [2.75, 3.05) is 7.11 Å². The van der Waals surface area contributed by atoms with E-state index in [2.05, 4.69) is 11.9 Å². The van der Waals surface area contributed by atoms with Crippen LogP contribution in [0.3, 0.4) is 0 Å². The molecule has 1 aromatic rings. The molecule has 100 valence electrons. The van der Waals surface area contributed by atoms with E-state index in [1.54, 1.807) is 12.3 Å². The van der Waals surface area contributed by atoms with Crippen LogP contribution in [0.4, 0.5) is 0 Å². The molecule has 2 atom stereocenters. The topological polar surface area (TPSA) is 51.5 Å². The van der Waals surface area contributed by atoms with Crippen LogP contribution < -0.4 is 5.32 Å². The highest BCUT2D eigenvalue weighted by atomic mass is 16.5. The molecule has 0 saturated carbocycles. The van der Waals surface area contributed by atoms with Gasteiger partial charge in [0.05, 0.1) is 19.4 Å². The van der Waals surface area contributed by atoms with E-state index in [9.17, 15) is 4.79 Å². The minimum absolute atomic E-state index is 0.0657. The zero-order valence-electron chi connectivity index (χ0n) is 11.2. The fraction of sp³-hybridized carbons (Fsp3) is 0.500. The molecule has 0 aliphatic carbocycles. The van der Waals surface area contributed by atoms with Gasteiger partial charge in [-0.3, -0.25) is 10.1 Å². The van der Waals surface area contributed by atoms with Crippen molar-refractivity contribution < 1.29 is 13.9 Å². The van der Waals surface area contributed by atoms with Crippen molar-refractivity contribution in [2.45, 2.75) is 32.4 Å². The van der Waals surface area contributed by atoms with Gasteiger partial charge in [0.15, 0.2) is 0 Å². The summed E-state index contributed by atoms with van der Waals surface area (Å²) in [6.45, 7) is 7.68. The SMILES string of the molecule is C=CC[C@H](N[C@H](C(=O)OC)C(C)C)c1ccco1. The van der Waals surface area contributed by atoms with E-state index in [4.69, 9.17) is 9.15 Å². The van der Waals surface area contributed by atoms with Crippen molar-refractivity contribution in [1.29, 1.82) is 0 Å². The molecule has 0 spiro atoms. The lowest BCUT2D eigenvalue weighted by molar-refractivity contribution is -0.144. The predicted octanol–water partition coefficient (Wildman–Crippen LogP) is 2.68. The van der Waals surface area contributed by atoms with E-state index in [0.29, 0.717) is 6.42 Å². The molecular formula is C14H21NO3. The van der Waals surface area contributed by atoms with Gasteiger partial charge in [-0.2, -0.15) is 0 Å². The van der Waals surface area contributed by atoms with Crippen LogP contribution in [0.2, 0.25) is 0 Å². The molecule has 1 heterocycles. The Morgan fingerprint density at radius 2 is 2.33 bits per heavy atom. The fourth-order valence-electron chi connectivity index (χ4n) is 1.80. The standard InChI is InChI=1S/C14H21NO3/c1-5-7-11(12-8-6-9-18-12)15-13(10(2)3)14(16)17-4/h5-6,8-11,13,15H,1,7H2,2-4H3/t11-,13-/m0/s1. The summed E-state index contributed by atoms with van der Waals surface area (Å²) in [5, 5.41) is 3.27. The van der Waals surface area contributed by atoms with Crippen molar-refractivity contribution in [3.63, 3.8) is 0 Å². The minimum Gasteiger partial charge on any atom is -0.468 e. The molecule has 0 saturated heterocycles. The molecule has 1 N–H and O–H groups in total. The Balaban J connectivity index is 2.80. The first-order valence-corrected chi connectivity index (χ1v) is 6.08. The van der Waals surface area contributed by atoms with E-state index in [-0.39, 0.29) is 24.0 Å². The fourth-order valence-corrected chi connectivity index (χ4v) is 1.80. The molecule has 4 nitrogen and oxygen atoms in total. The van der Waals surface area contributed by atoms with Gasteiger partial charge in [-0.25, -0.2) is 0 Å². The van der Waals surface area contributed by atoms with E-state index in [1.165, 1.54) is 7.11 Å². The van der Waals surface area contributed by atoms with Crippen LogP contribution in [-0.2, 0) is 9.53 Å². The van der Waals surface area contributed by atoms with Crippen LogP contribution in [0.1, 0.15) is 32.1 Å². The van der Waals surface area contributed by atoms with E-state index < -0.39 is 0 Å². The molecule has 0 amide bonds. The van der Waals surface area contributed by atoms with Gasteiger partial charge in [0.25, 0.3) is 0 Å². The second-order valence-electron chi connectivity index (χ2n) is 4.50. The molecule has 1 rings (SSSR count). The smallest absolute Gasteiger partial charge is 0.323 e. The van der Waals surface area contributed by atoms with E-state index >= 15 is 0 Å². The zero-order chi connectivity index (χ0) is 13.5. The summed E-state index contributed by atoms with van der Waals surface area (Å²) in [6, 6.07) is 3.29. The van der Waals surface area contributed by atoms with Crippen LogP contribution in [0, 0.1) is 5.92 Å². The summed E-state index contributed by atoms with van der Waals surface area (Å²) in [5.41, 5.74) is 0. The van der Waals surface area contributed by atoms with Crippen molar-refractivity contribution in [1.82, 2.24) is 5.32 Å². The Morgan fingerprint density at radius 1 is 1.61 bits per heavy atom. The maximum absolute atomic E-state index is 11.7. The third-order valence-electron chi connectivity index (χ3n) is 2.79. The molecule has 18 heavy (non-hydrogen) atoms. The Morgan fingerprint density at radius 3 is 2.78 bits per heavy atom. The van der Waals surface area contributed by atoms with Crippen molar-refractivity contribution in [3.05, 3.63) is 36.8 Å². The highest BCUT2D eigenvalue weighted by molar-refractivity contribution is 5.76. The normalized spacial score (nSPS) is 14.2. The van der Waals surface area contributed by atoms with Gasteiger partial charge in [0, 0.05) is 0 Å². The number of ether oxygens (including phenoxy) is 1. The number of hydrogen-bond acceptors (Lipinski definition) is 4. The number of hydrogen-bond donors (Lipinski definition) is 1. The van der Waals surface area contributed by atoms with Gasteiger partial charge in [0.2, 0.25) is 0 Å². The molecule has 0 radical (unpaired) electrons. The Hall–Kier alpha value is -1.55. The molecule has 0 aliphatic rings. The molecule has 0 bridgehead atoms. The van der Waals surface area contributed by atoms with Crippen molar-refractivity contribution in [2.24, 2.45) is 5.92 Å². The van der Waals surface area contributed by atoms with Crippen molar-refractivity contribution in [3.8, 4) is 0 Å². The predicted molar refractivity (Wildman–Crippen MR) is 70.0 cm³/mol. The molecule has 0 unspecified atom stereocenters. The van der Waals surface area contributed by atoms with E-state index in [0.717, 1.165) is 5.76 Å². The van der Waals surface area contributed by atoms with E-state index in [1.807, 2.05) is 26.0 Å². The van der Waals surface area contributed by atoms with Crippen LogP contribution in [-0.4, -0.2) is 19.1 Å². The lowest BCUT2D eigenvalue weighted by Gasteiger charge is -2.24. The number of esters is 1. The summed E-state index contributed by atoms with van der Waals surface area (Å²) < 4.78 is 10.2. The highest BCUT2D eigenvalue weighted by Gasteiger charge is 2.27. The van der Waals surface area contributed by atoms with Gasteiger partial charge in [-0.15, -0.1) is 6.58 Å². The number of carbonyl (C=O) groups excluding carboxylic acids is 1. The maximum Gasteiger partial charge on any atom is 0.323 e. The van der Waals surface area contributed by atoms with Gasteiger partial charge in [-0.1, -0.05) is 19.9 Å². The first kappa shape index (κ1) is 14.5. The van der Waals surface area contributed by atoms with Crippen LogP contribution in [0.25, 0.3) is 0 Å². The molecule has 1 aromatic heterocycles. The summed E-state index contributed by atoms with van der Waals surface area (Å²) in [6.07, 6.45) is 4.11. The summed E-state index contributed by atoms with van der Waals surface area (Å²) in [4.78, 5) is 11.7.